The fourth-order valence-electron chi connectivity index (χ4n) is 8.67. The third-order valence-electron chi connectivity index (χ3n) is 10.3. The molecule has 0 saturated heterocycles. The maximum absolute atomic E-state index is 10.2. The van der Waals surface area contributed by atoms with Gasteiger partial charge in [-0.2, -0.15) is 0 Å². The monoisotopic (exact) mass is 402 g/mol. The number of fused-ring (bicyclic) bond motifs is 5. The van der Waals surface area contributed by atoms with Gasteiger partial charge in [-0.25, -0.2) is 0 Å². The first-order valence-corrected chi connectivity index (χ1v) is 12.6. The molecule has 0 spiro atoms. The molecule has 0 heterocycles. The van der Waals surface area contributed by atoms with Crippen molar-refractivity contribution >= 4 is 0 Å². The minimum atomic E-state index is -0.519. The second-order valence-electron chi connectivity index (χ2n) is 12.6. The number of hydrogen-bond acceptors (Lipinski definition) is 2. The first-order chi connectivity index (χ1) is 13.5. The number of rotatable bonds is 5. The summed E-state index contributed by atoms with van der Waals surface area (Å²) in [6.07, 6.45) is 15.9. The Balaban J connectivity index is 1.47. The maximum atomic E-state index is 10.2. The highest BCUT2D eigenvalue weighted by Gasteiger charge is 2.59. The normalized spacial score (nSPS) is 45.8. The molecule has 0 amide bonds. The summed E-state index contributed by atoms with van der Waals surface area (Å²) < 4.78 is 0. The van der Waals surface area contributed by atoms with Crippen LogP contribution in [0.25, 0.3) is 0 Å². The van der Waals surface area contributed by atoms with Gasteiger partial charge in [-0.15, -0.1) is 0 Å². The molecule has 0 radical (unpaired) electrons. The fourth-order valence-corrected chi connectivity index (χ4v) is 8.67. The van der Waals surface area contributed by atoms with Crippen LogP contribution in [0.5, 0.6) is 0 Å². The van der Waals surface area contributed by atoms with Crippen molar-refractivity contribution in [3.63, 3.8) is 0 Å². The molecule has 2 N–H and O–H groups in total. The average molecular weight is 403 g/mol. The number of aliphatic hydroxyl groups is 2. The summed E-state index contributed by atoms with van der Waals surface area (Å²) >= 11 is 0. The molecule has 8 atom stereocenters. The third-order valence-corrected chi connectivity index (χ3v) is 10.3. The fraction of sp³-hybridized carbons (Fsp3) is 0.926. The van der Waals surface area contributed by atoms with E-state index >= 15 is 0 Å². The van der Waals surface area contributed by atoms with E-state index in [0.29, 0.717) is 10.8 Å². The van der Waals surface area contributed by atoms with E-state index in [9.17, 15) is 10.2 Å². The topological polar surface area (TPSA) is 40.5 Å². The molecular weight excluding hydrogens is 356 g/mol. The largest absolute Gasteiger partial charge is 0.393 e. The lowest BCUT2D eigenvalue weighted by Crippen LogP contribution is -2.50. The van der Waals surface area contributed by atoms with Crippen LogP contribution in [-0.4, -0.2) is 21.9 Å². The van der Waals surface area contributed by atoms with Crippen LogP contribution in [0.1, 0.15) is 105 Å². The zero-order valence-corrected chi connectivity index (χ0v) is 19.7. The van der Waals surface area contributed by atoms with Gasteiger partial charge in [-0.1, -0.05) is 45.3 Å². The predicted molar refractivity (Wildman–Crippen MR) is 121 cm³/mol. The van der Waals surface area contributed by atoms with E-state index < -0.39 is 5.60 Å². The summed E-state index contributed by atoms with van der Waals surface area (Å²) in [5.41, 5.74) is 1.95. The first kappa shape index (κ1) is 21.9. The summed E-state index contributed by atoms with van der Waals surface area (Å²) in [4.78, 5) is 0. The van der Waals surface area contributed by atoms with Crippen molar-refractivity contribution in [1.82, 2.24) is 0 Å². The van der Waals surface area contributed by atoms with Gasteiger partial charge in [0.25, 0.3) is 0 Å². The number of aliphatic hydroxyl groups excluding tert-OH is 1. The van der Waals surface area contributed by atoms with Crippen molar-refractivity contribution in [3.8, 4) is 0 Å². The van der Waals surface area contributed by atoms with E-state index in [-0.39, 0.29) is 6.10 Å². The van der Waals surface area contributed by atoms with Crippen molar-refractivity contribution in [3.05, 3.63) is 11.6 Å². The highest BCUT2D eigenvalue weighted by Crippen LogP contribution is 2.67. The lowest BCUT2D eigenvalue weighted by atomic mass is 9.47. The van der Waals surface area contributed by atoms with E-state index in [2.05, 4.69) is 26.8 Å². The van der Waals surface area contributed by atoms with Crippen LogP contribution in [-0.2, 0) is 0 Å². The zero-order valence-electron chi connectivity index (χ0n) is 19.7. The molecule has 29 heavy (non-hydrogen) atoms. The molecule has 0 bridgehead atoms. The highest BCUT2D eigenvalue weighted by molar-refractivity contribution is 5.25. The van der Waals surface area contributed by atoms with Crippen LogP contribution in [0.4, 0.5) is 0 Å². The molecule has 2 unspecified atom stereocenters. The predicted octanol–water partition coefficient (Wildman–Crippen LogP) is 6.50. The summed E-state index contributed by atoms with van der Waals surface area (Å²) in [5, 5.41) is 20.3. The van der Waals surface area contributed by atoms with Gasteiger partial charge in [0, 0.05) is 0 Å². The van der Waals surface area contributed by atoms with Crippen LogP contribution in [0.2, 0.25) is 0 Å². The minimum absolute atomic E-state index is 0.0969. The van der Waals surface area contributed by atoms with Crippen LogP contribution in [0.3, 0.4) is 0 Å². The van der Waals surface area contributed by atoms with Gasteiger partial charge in [0.1, 0.15) is 0 Å². The standard InChI is InChI=1S/C27H46O2/c1-18(7-6-14-25(2,3)29)22-10-11-23-21-9-8-19-17-20(28)12-15-26(19,4)24(21)13-16-27(22,23)5/h8,18,20-24,28-29H,6-7,9-17H2,1-5H3/t18-,20+,21?,22-,23+,24?,26+,27-/m1/s1. The lowest BCUT2D eigenvalue weighted by molar-refractivity contribution is -0.0575. The Kier molecular flexibility index (Phi) is 5.78. The van der Waals surface area contributed by atoms with Gasteiger partial charge in [-0.3, -0.25) is 0 Å². The molecule has 3 fully saturated rings. The second kappa shape index (κ2) is 7.66. The Morgan fingerprint density at radius 3 is 2.59 bits per heavy atom. The van der Waals surface area contributed by atoms with E-state index in [1.165, 1.54) is 44.9 Å². The lowest BCUT2D eigenvalue weighted by Gasteiger charge is -2.58. The van der Waals surface area contributed by atoms with E-state index in [1.54, 1.807) is 5.57 Å². The molecule has 4 rings (SSSR count). The van der Waals surface area contributed by atoms with Crippen LogP contribution >= 0.6 is 0 Å². The quantitative estimate of drug-likeness (QED) is 0.515. The van der Waals surface area contributed by atoms with E-state index in [0.717, 1.165) is 55.3 Å². The Morgan fingerprint density at radius 1 is 1.10 bits per heavy atom. The Hall–Kier alpha value is -0.340. The molecular formula is C27H46O2. The Morgan fingerprint density at radius 2 is 1.86 bits per heavy atom. The van der Waals surface area contributed by atoms with Crippen LogP contribution in [0.15, 0.2) is 11.6 Å². The van der Waals surface area contributed by atoms with Crippen molar-refractivity contribution in [2.24, 2.45) is 40.4 Å². The number of hydrogen-bond donors (Lipinski definition) is 2. The molecule has 2 heteroatoms. The molecule has 2 nitrogen and oxygen atoms in total. The second-order valence-corrected chi connectivity index (χ2v) is 12.6. The van der Waals surface area contributed by atoms with Crippen molar-refractivity contribution in [1.29, 1.82) is 0 Å². The number of allylic oxidation sites excluding steroid dienone is 1. The summed E-state index contributed by atoms with van der Waals surface area (Å²) in [5.74, 6) is 4.24. The van der Waals surface area contributed by atoms with Crippen LogP contribution < -0.4 is 0 Å². The van der Waals surface area contributed by atoms with Crippen molar-refractivity contribution < 1.29 is 10.2 Å². The maximum Gasteiger partial charge on any atom is 0.0591 e. The van der Waals surface area contributed by atoms with Gasteiger partial charge < -0.3 is 10.2 Å². The SMILES string of the molecule is C[C@H](CCCC(C)(C)O)[C@H]1CC[C@H]2C3CC=C4C[C@@H](O)CC[C@]4(C)C3CC[C@]12C. The Labute approximate surface area is 179 Å². The molecule has 4 aliphatic carbocycles. The molecule has 0 aromatic heterocycles. The van der Waals surface area contributed by atoms with Gasteiger partial charge in [0.2, 0.25) is 0 Å². The van der Waals surface area contributed by atoms with Gasteiger partial charge in [0.15, 0.2) is 0 Å². The average Bonchev–Trinajstić information content (AvgIpc) is 2.98. The van der Waals surface area contributed by atoms with E-state index in [1.807, 2.05) is 13.8 Å². The molecule has 0 aromatic rings. The summed E-state index contributed by atoms with van der Waals surface area (Å²) in [6.45, 7) is 11.6. The molecule has 4 aliphatic rings. The molecule has 166 valence electrons. The zero-order chi connectivity index (χ0) is 21.0. The van der Waals surface area contributed by atoms with Gasteiger partial charge in [0.05, 0.1) is 11.7 Å². The Bertz CT molecular complexity index is 631. The molecule has 0 aliphatic heterocycles. The smallest absolute Gasteiger partial charge is 0.0591 e. The van der Waals surface area contributed by atoms with Gasteiger partial charge in [-0.05, 0) is 112 Å². The van der Waals surface area contributed by atoms with Crippen molar-refractivity contribution in [2.75, 3.05) is 0 Å². The van der Waals surface area contributed by atoms with Crippen LogP contribution in [0, 0.1) is 40.4 Å². The minimum Gasteiger partial charge on any atom is -0.393 e. The third kappa shape index (κ3) is 3.86. The summed E-state index contributed by atoms with van der Waals surface area (Å²) in [7, 11) is 0. The first-order valence-electron chi connectivity index (χ1n) is 12.6. The summed E-state index contributed by atoms with van der Waals surface area (Å²) in [6, 6.07) is 0. The highest BCUT2D eigenvalue weighted by atomic mass is 16.3. The molecule has 0 aromatic carbocycles. The van der Waals surface area contributed by atoms with Crippen molar-refractivity contribution in [2.45, 2.75) is 117 Å². The van der Waals surface area contributed by atoms with Gasteiger partial charge >= 0.3 is 0 Å². The molecule has 3 saturated carbocycles. The van der Waals surface area contributed by atoms with E-state index in [4.69, 9.17) is 0 Å².